The van der Waals surface area contributed by atoms with Crippen molar-refractivity contribution in [2.75, 3.05) is 6.54 Å². The van der Waals surface area contributed by atoms with Crippen LogP contribution in [0.15, 0.2) is 0 Å². The number of hydrogen-bond donors (Lipinski definition) is 1. The van der Waals surface area contributed by atoms with Crippen molar-refractivity contribution in [3.8, 4) is 0 Å². The van der Waals surface area contributed by atoms with Gasteiger partial charge in [0.2, 0.25) is 0 Å². The van der Waals surface area contributed by atoms with E-state index in [1.54, 1.807) is 0 Å². The van der Waals surface area contributed by atoms with Crippen LogP contribution in [0, 0.1) is 11.8 Å². The zero-order valence-electron chi connectivity index (χ0n) is 12.4. The van der Waals surface area contributed by atoms with Gasteiger partial charge in [-0.2, -0.15) is 0 Å². The third-order valence-electron chi connectivity index (χ3n) is 4.65. The van der Waals surface area contributed by atoms with Gasteiger partial charge in [-0.05, 0) is 38.5 Å². The summed E-state index contributed by atoms with van der Waals surface area (Å²) in [7, 11) is 0. The first-order valence-corrected chi connectivity index (χ1v) is 7.44. The topological polar surface area (TPSA) is 29.3 Å². The minimum absolute atomic E-state index is 0.407. The molecule has 1 aliphatic heterocycles. The number of hydrogen-bond acceptors (Lipinski definition) is 2. The molecule has 1 aliphatic rings. The van der Waals surface area contributed by atoms with E-state index >= 15 is 0 Å². The van der Waals surface area contributed by atoms with Gasteiger partial charge >= 0.3 is 0 Å². The molecule has 0 aliphatic carbocycles. The first kappa shape index (κ1) is 15.0. The molecule has 4 unspecified atom stereocenters. The third-order valence-corrected chi connectivity index (χ3v) is 4.65. The Kier molecular flexibility index (Phi) is 5.94. The lowest BCUT2D eigenvalue weighted by atomic mass is 9.86. The minimum Gasteiger partial charge on any atom is -0.327 e. The fourth-order valence-corrected chi connectivity index (χ4v) is 3.03. The van der Waals surface area contributed by atoms with Crippen molar-refractivity contribution in [1.29, 1.82) is 0 Å². The molecule has 1 fully saturated rings. The standard InChI is InChI=1S/C15H32N2/c1-11(2)7-6-8-12(3)17-10-9-15(16)13(4)14(17)5/h11-15H,6-10,16H2,1-5H3. The molecule has 0 radical (unpaired) electrons. The number of nitrogens with zero attached hydrogens (tertiary/aromatic N) is 1. The highest BCUT2D eigenvalue weighted by molar-refractivity contribution is 4.88. The van der Waals surface area contributed by atoms with E-state index in [1.165, 1.54) is 32.2 Å². The summed E-state index contributed by atoms with van der Waals surface area (Å²) in [5.74, 6) is 1.48. The summed E-state index contributed by atoms with van der Waals surface area (Å²) >= 11 is 0. The van der Waals surface area contributed by atoms with Crippen LogP contribution in [-0.2, 0) is 0 Å². The van der Waals surface area contributed by atoms with Gasteiger partial charge in [0.25, 0.3) is 0 Å². The van der Waals surface area contributed by atoms with Gasteiger partial charge in [0.05, 0.1) is 0 Å². The average molecular weight is 240 g/mol. The second-order valence-electron chi connectivity index (χ2n) is 6.46. The summed E-state index contributed by atoms with van der Waals surface area (Å²) in [4.78, 5) is 2.67. The largest absolute Gasteiger partial charge is 0.327 e. The van der Waals surface area contributed by atoms with Gasteiger partial charge in [-0.25, -0.2) is 0 Å². The third kappa shape index (κ3) is 4.26. The molecule has 0 spiro atoms. The van der Waals surface area contributed by atoms with Crippen molar-refractivity contribution >= 4 is 0 Å². The molecule has 0 aromatic rings. The Morgan fingerprint density at radius 2 is 1.82 bits per heavy atom. The van der Waals surface area contributed by atoms with Crippen LogP contribution in [0.4, 0.5) is 0 Å². The zero-order chi connectivity index (χ0) is 13.0. The van der Waals surface area contributed by atoms with Crippen LogP contribution in [0.1, 0.15) is 60.3 Å². The molecule has 0 aromatic heterocycles. The van der Waals surface area contributed by atoms with E-state index in [-0.39, 0.29) is 0 Å². The van der Waals surface area contributed by atoms with E-state index in [0.29, 0.717) is 18.0 Å². The Bertz CT molecular complexity index is 215. The summed E-state index contributed by atoms with van der Waals surface area (Å²) in [6, 6.07) is 1.77. The molecule has 2 nitrogen and oxygen atoms in total. The molecular formula is C15H32N2. The van der Waals surface area contributed by atoms with E-state index < -0.39 is 0 Å². The lowest BCUT2D eigenvalue weighted by Crippen LogP contribution is -2.54. The smallest absolute Gasteiger partial charge is 0.0110 e. The monoisotopic (exact) mass is 240 g/mol. The molecule has 1 saturated heterocycles. The lowest BCUT2D eigenvalue weighted by molar-refractivity contribution is 0.0583. The maximum Gasteiger partial charge on any atom is 0.0110 e. The lowest BCUT2D eigenvalue weighted by Gasteiger charge is -2.44. The van der Waals surface area contributed by atoms with Gasteiger partial charge < -0.3 is 5.73 Å². The highest BCUT2D eigenvalue weighted by atomic mass is 15.2. The van der Waals surface area contributed by atoms with Crippen LogP contribution in [0.25, 0.3) is 0 Å². The molecule has 0 amide bonds. The summed E-state index contributed by atoms with van der Waals surface area (Å²) in [6.07, 6.45) is 5.23. The summed E-state index contributed by atoms with van der Waals surface area (Å²) < 4.78 is 0. The van der Waals surface area contributed by atoms with Crippen molar-refractivity contribution in [2.24, 2.45) is 17.6 Å². The second-order valence-corrected chi connectivity index (χ2v) is 6.46. The predicted octanol–water partition coefficient (Wildman–Crippen LogP) is 3.26. The second kappa shape index (κ2) is 6.75. The number of rotatable bonds is 5. The van der Waals surface area contributed by atoms with Crippen molar-refractivity contribution < 1.29 is 0 Å². The maximum absolute atomic E-state index is 6.14. The fraction of sp³-hybridized carbons (Fsp3) is 1.00. The maximum atomic E-state index is 6.14. The van der Waals surface area contributed by atoms with Crippen LogP contribution in [0.5, 0.6) is 0 Å². The molecule has 1 heterocycles. The van der Waals surface area contributed by atoms with Gasteiger partial charge in [-0.3, -0.25) is 4.90 Å². The summed E-state index contributed by atoms with van der Waals surface area (Å²) in [6.45, 7) is 12.9. The highest BCUT2D eigenvalue weighted by Crippen LogP contribution is 2.26. The van der Waals surface area contributed by atoms with Crippen LogP contribution < -0.4 is 5.73 Å². The van der Waals surface area contributed by atoms with Crippen molar-refractivity contribution in [2.45, 2.75) is 78.4 Å². The number of nitrogens with two attached hydrogens (primary N) is 1. The summed E-state index contributed by atoms with van der Waals surface area (Å²) in [5, 5.41) is 0. The molecule has 0 aromatic carbocycles. The average Bonchev–Trinajstić information content (AvgIpc) is 2.25. The van der Waals surface area contributed by atoms with Crippen LogP contribution in [0.2, 0.25) is 0 Å². The van der Waals surface area contributed by atoms with E-state index in [2.05, 4.69) is 39.5 Å². The van der Waals surface area contributed by atoms with Gasteiger partial charge in [-0.1, -0.05) is 33.6 Å². The Balaban J connectivity index is 2.38. The predicted molar refractivity (Wildman–Crippen MR) is 76.1 cm³/mol. The normalized spacial score (nSPS) is 33.0. The molecule has 1 rings (SSSR count). The molecular weight excluding hydrogens is 208 g/mol. The van der Waals surface area contributed by atoms with Crippen molar-refractivity contribution in [3.63, 3.8) is 0 Å². The first-order valence-electron chi connectivity index (χ1n) is 7.44. The highest BCUT2D eigenvalue weighted by Gasteiger charge is 2.32. The Hall–Kier alpha value is -0.0800. The van der Waals surface area contributed by atoms with Gasteiger partial charge in [0, 0.05) is 24.7 Å². The fourth-order valence-electron chi connectivity index (χ4n) is 3.03. The zero-order valence-corrected chi connectivity index (χ0v) is 12.4. The molecule has 0 saturated carbocycles. The van der Waals surface area contributed by atoms with Crippen molar-refractivity contribution in [1.82, 2.24) is 4.90 Å². The summed E-state index contributed by atoms with van der Waals surface area (Å²) in [5.41, 5.74) is 6.14. The van der Waals surface area contributed by atoms with Crippen LogP contribution in [0.3, 0.4) is 0 Å². The molecule has 4 atom stereocenters. The minimum atomic E-state index is 0.407. The van der Waals surface area contributed by atoms with E-state index in [9.17, 15) is 0 Å². The Morgan fingerprint density at radius 3 is 2.41 bits per heavy atom. The Labute approximate surface area is 108 Å². The number of piperidine rings is 1. The van der Waals surface area contributed by atoms with Crippen LogP contribution >= 0.6 is 0 Å². The van der Waals surface area contributed by atoms with E-state index in [4.69, 9.17) is 5.73 Å². The molecule has 2 heteroatoms. The SMILES string of the molecule is CC(C)CCCC(C)N1CCC(N)C(C)C1C. The van der Waals surface area contributed by atoms with E-state index in [1.807, 2.05) is 0 Å². The molecule has 17 heavy (non-hydrogen) atoms. The van der Waals surface area contributed by atoms with Gasteiger partial charge in [-0.15, -0.1) is 0 Å². The molecule has 0 bridgehead atoms. The van der Waals surface area contributed by atoms with E-state index in [0.717, 1.165) is 12.0 Å². The van der Waals surface area contributed by atoms with Crippen LogP contribution in [-0.4, -0.2) is 29.6 Å². The molecule has 2 N–H and O–H groups in total. The Morgan fingerprint density at radius 1 is 1.18 bits per heavy atom. The van der Waals surface area contributed by atoms with Gasteiger partial charge in [0.15, 0.2) is 0 Å². The number of likely N-dealkylation sites (tertiary alicyclic amines) is 1. The molecule has 102 valence electrons. The van der Waals surface area contributed by atoms with Crippen molar-refractivity contribution in [3.05, 3.63) is 0 Å². The quantitative estimate of drug-likeness (QED) is 0.799. The van der Waals surface area contributed by atoms with Gasteiger partial charge in [0.1, 0.15) is 0 Å². The first-order chi connectivity index (χ1) is 7.93.